The summed E-state index contributed by atoms with van der Waals surface area (Å²) in [5, 5.41) is 35.5. The molecule has 0 amide bonds. The predicted octanol–water partition coefficient (Wildman–Crippen LogP) is -2.69. The molecule has 6 N–H and O–H groups in total. The summed E-state index contributed by atoms with van der Waals surface area (Å²) in [4.78, 5) is 15.6. The van der Waals surface area contributed by atoms with Gasteiger partial charge in [-0.3, -0.25) is 5.10 Å². The van der Waals surface area contributed by atoms with Gasteiger partial charge in [-0.15, -0.1) is 0 Å². The summed E-state index contributed by atoms with van der Waals surface area (Å²) in [6, 6.07) is 0. The second-order valence-electron chi connectivity index (χ2n) is 4.51. The van der Waals surface area contributed by atoms with Gasteiger partial charge in [-0.25, -0.2) is 9.36 Å². The molecule has 0 radical (unpaired) electrons. The fourth-order valence-electron chi connectivity index (χ4n) is 2.29. The van der Waals surface area contributed by atoms with Gasteiger partial charge in [0.05, 0.1) is 18.2 Å². The number of nitrogen functional groups attached to an aromatic ring is 1. The van der Waals surface area contributed by atoms with E-state index in [1.54, 1.807) is 0 Å². The van der Waals surface area contributed by atoms with Gasteiger partial charge in [-0.2, -0.15) is 10.1 Å². The zero-order valence-electron chi connectivity index (χ0n) is 10.2. The van der Waals surface area contributed by atoms with Gasteiger partial charge in [-0.05, 0) is 0 Å². The number of H-pyrrole nitrogens is 1. The fraction of sp³-hybridized carbons (Fsp3) is 0.500. The highest BCUT2D eigenvalue weighted by Crippen LogP contribution is 2.30. The van der Waals surface area contributed by atoms with Gasteiger partial charge in [0.1, 0.15) is 29.8 Å². The van der Waals surface area contributed by atoms with Crippen molar-refractivity contribution in [2.75, 3.05) is 12.3 Å². The van der Waals surface area contributed by atoms with Gasteiger partial charge in [0.2, 0.25) is 0 Å². The number of ether oxygens (including phenoxy) is 1. The summed E-state index contributed by atoms with van der Waals surface area (Å²) >= 11 is 0. The summed E-state index contributed by atoms with van der Waals surface area (Å²) in [7, 11) is 0. The van der Waals surface area contributed by atoms with E-state index in [4.69, 9.17) is 15.6 Å². The van der Waals surface area contributed by atoms with E-state index in [2.05, 4.69) is 15.2 Å². The monoisotopic (exact) mass is 283 g/mol. The molecule has 2 aromatic rings. The number of hydrogen-bond acceptors (Lipinski definition) is 8. The van der Waals surface area contributed by atoms with Gasteiger partial charge in [0.15, 0.2) is 6.23 Å². The van der Waals surface area contributed by atoms with Crippen LogP contribution in [-0.4, -0.2) is 60.0 Å². The van der Waals surface area contributed by atoms with E-state index in [0.717, 1.165) is 4.57 Å². The van der Waals surface area contributed by atoms with E-state index in [1.807, 2.05) is 0 Å². The molecule has 3 heterocycles. The van der Waals surface area contributed by atoms with Crippen LogP contribution in [0.3, 0.4) is 0 Å². The van der Waals surface area contributed by atoms with E-state index in [1.165, 1.54) is 6.20 Å². The second-order valence-corrected chi connectivity index (χ2v) is 4.51. The number of nitrogens with zero attached hydrogens (tertiary/aromatic N) is 3. The third-order valence-corrected chi connectivity index (χ3v) is 3.33. The van der Waals surface area contributed by atoms with Crippen molar-refractivity contribution in [2.45, 2.75) is 24.5 Å². The number of nitrogens with one attached hydrogen (secondary N) is 1. The molecule has 0 unspecified atom stereocenters. The first-order chi connectivity index (χ1) is 9.54. The quantitative estimate of drug-likeness (QED) is 0.398. The van der Waals surface area contributed by atoms with Crippen LogP contribution in [0, 0.1) is 0 Å². The van der Waals surface area contributed by atoms with Gasteiger partial charge < -0.3 is 25.8 Å². The first-order valence-electron chi connectivity index (χ1n) is 5.88. The Balaban J connectivity index is 2.16. The van der Waals surface area contributed by atoms with Crippen LogP contribution in [0.15, 0.2) is 11.0 Å². The van der Waals surface area contributed by atoms with Crippen molar-refractivity contribution in [3.63, 3.8) is 0 Å². The van der Waals surface area contributed by atoms with E-state index in [-0.39, 0.29) is 11.5 Å². The average molecular weight is 283 g/mol. The zero-order valence-corrected chi connectivity index (χ0v) is 10.2. The van der Waals surface area contributed by atoms with Crippen molar-refractivity contribution in [3.05, 3.63) is 16.7 Å². The SMILES string of the molecule is Nc1nc(=O)n([C@@H]2O[C@H](CO)[C@@H](O)[C@@H]2O)c2[nH]ncc12. The normalized spacial score (nSPS) is 30.1. The van der Waals surface area contributed by atoms with Gasteiger partial charge in [-0.1, -0.05) is 0 Å². The molecule has 2 aromatic heterocycles. The first-order valence-corrected chi connectivity index (χ1v) is 5.88. The number of hydrogen-bond donors (Lipinski definition) is 5. The van der Waals surface area contributed by atoms with Crippen LogP contribution >= 0.6 is 0 Å². The molecule has 0 spiro atoms. The molecule has 10 heteroatoms. The molecule has 1 aliphatic heterocycles. The molecule has 20 heavy (non-hydrogen) atoms. The number of aromatic amines is 1. The Kier molecular flexibility index (Phi) is 2.94. The molecule has 1 saturated heterocycles. The number of rotatable bonds is 2. The standard InChI is InChI=1S/C10H13N5O5/c11-7-3-1-12-14-8(3)15(10(19)13-7)9-6(18)5(17)4(2-16)20-9/h1,4-6,9,16-18H,2H2,(H,12,14)(H2,11,13,19)/t4-,5-,6+,9-/m1/s1. The topological polar surface area (TPSA) is 160 Å². The van der Waals surface area contributed by atoms with Crippen LogP contribution in [0.2, 0.25) is 0 Å². The zero-order chi connectivity index (χ0) is 14.4. The van der Waals surface area contributed by atoms with Crippen molar-refractivity contribution in [3.8, 4) is 0 Å². The summed E-state index contributed by atoms with van der Waals surface area (Å²) in [6.45, 7) is -0.488. The Labute approximate surface area is 111 Å². The molecule has 4 atom stereocenters. The number of aliphatic hydroxyl groups excluding tert-OH is 3. The first kappa shape index (κ1) is 13.0. The molecule has 1 fully saturated rings. The lowest BCUT2D eigenvalue weighted by molar-refractivity contribution is -0.0529. The highest BCUT2D eigenvalue weighted by Gasteiger charge is 2.44. The lowest BCUT2D eigenvalue weighted by Crippen LogP contribution is -2.36. The van der Waals surface area contributed by atoms with Crippen molar-refractivity contribution < 1.29 is 20.1 Å². The van der Waals surface area contributed by atoms with E-state index < -0.39 is 36.8 Å². The molecule has 0 bridgehead atoms. The highest BCUT2D eigenvalue weighted by atomic mass is 16.6. The molecule has 3 rings (SSSR count). The van der Waals surface area contributed by atoms with Crippen LogP contribution in [-0.2, 0) is 4.74 Å². The van der Waals surface area contributed by atoms with E-state index in [0.29, 0.717) is 5.39 Å². The Bertz CT molecular complexity index is 697. The molecular weight excluding hydrogens is 270 g/mol. The number of nitrogens with two attached hydrogens (primary N) is 1. The minimum Gasteiger partial charge on any atom is -0.394 e. The van der Waals surface area contributed by atoms with Crippen molar-refractivity contribution in [1.29, 1.82) is 0 Å². The maximum absolute atomic E-state index is 12.0. The summed E-state index contributed by atoms with van der Waals surface area (Å²) in [5.74, 6) is 0.00161. The highest BCUT2D eigenvalue weighted by molar-refractivity contribution is 5.84. The van der Waals surface area contributed by atoms with E-state index >= 15 is 0 Å². The Morgan fingerprint density at radius 1 is 1.45 bits per heavy atom. The lowest BCUT2D eigenvalue weighted by atomic mass is 10.1. The van der Waals surface area contributed by atoms with Gasteiger partial charge in [0.25, 0.3) is 0 Å². The van der Waals surface area contributed by atoms with Crippen LogP contribution in [0.1, 0.15) is 6.23 Å². The maximum atomic E-state index is 12.0. The average Bonchev–Trinajstić information content (AvgIpc) is 2.99. The van der Waals surface area contributed by atoms with Crippen LogP contribution in [0.4, 0.5) is 5.82 Å². The summed E-state index contributed by atoms with van der Waals surface area (Å²) in [5.41, 5.74) is 5.07. The third kappa shape index (κ3) is 1.70. The van der Waals surface area contributed by atoms with Crippen LogP contribution in [0.25, 0.3) is 11.0 Å². The second kappa shape index (κ2) is 4.52. The molecular formula is C10H13N5O5. The van der Waals surface area contributed by atoms with Crippen molar-refractivity contribution in [2.24, 2.45) is 0 Å². The number of aliphatic hydroxyl groups is 3. The largest absolute Gasteiger partial charge is 0.394 e. The molecule has 0 saturated carbocycles. The Hall–Kier alpha value is -2.01. The number of fused-ring (bicyclic) bond motifs is 1. The summed E-state index contributed by atoms with van der Waals surface area (Å²) in [6.07, 6.45) is -3.49. The fourth-order valence-corrected chi connectivity index (χ4v) is 2.29. The van der Waals surface area contributed by atoms with E-state index in [9.17, 15) is 15.0 Å². The molecule has 10 nitrogen and oxygen atoms in total. The lowest BCUT2D eigenvalue weighted by Gasteiger charge is -2.18. The van der Waals surface area contributed by atoms with Crippen LogP contribution < -0.4 is 11.4 Å². The van der Waals surface area contributed by atoms with Gasteiger partial charge >= 0.3 is 5.69 Å². The minimum atomic E-state index is -1.39. The minimum absolute atomic E-state index is 0.00161. The number of anilines is 1. The van der Waals surface area contributed by atoms with Gasteiger partial charge in [0, 0.05) is 0 Å². The summed E-state index contributed by atoms with van der Waals surface area (Å²) < 4.78 is 6.32. The van der Waals surface area contributed by atoms with Crippen LogP contribution in [0.5, 0.6) is 0 Å². The Morgan fingerprint density at radius 3 is 2.85 bits per heavy atom. The van der Waals surface area contributed by atoms with Crippen molar-refractivity contribution in [1.82, 2.24) is 19.7 Å². The molecule has 108 valence electrons. The van der Waals surface area contributed by atoms with Crippen molar-refractivity contribution >= 4 is 16.9 Å². The smallest absolute Gasteiger partial charge is 0.353 e. The predicted molar refractivity (Wildman–Crippen MR) is 65.6 cm³/mol. The number of aromatic nitrogens is 4. The molecule has 0 aliphatic carbocycles. The molecule has 0 aromatic carbocycles. The Morgan fingerprint density at radius 2 is 2.20 bits per heavy atom. The third-order valence-electron chi connectivity index (χ3n) is 3.33. The maximum Gasteiger partial charge on any atom is 0.353 e. The molecule has 1 aliphatic rings.